The van der Waals surface area contributed by atoms with Crippen LogP contribution in [-0.2, 0) is 19.2 Å². The highest BCUT2D eigenvalue weighted by molar-refractivity contribution is 5.94. The van der Waals surface area contributed by atoms with E-state index in [4.69, 9.17) is 10.8 Å². The molecular formula is C10H16N4O5. The van der Waals surface area contributed by atoms with Crippen molar-refractivity contribution in [1.29, 1.82) is 0 Å². The molecule has 1 aliphatic heterocycles. The number of amides is 4. The van der Waals surface area contributed by atoms with Crippen molar-refractivity contribution in [2.24, 2.45) is 5.73 Å². The Balaban J connectivity index is 2.46. The highest BCUT2D eigenvalue weighted by Crippen LogP contribution is 2.06. The molecule has 0 radical (unpaired) electrons. The SMILES string of the molecule is NC(=O)CNC(=O)[C@H](CO)NC(=O)[C@@H]1CCC(=O)N1. The zero-order valence-electron chi connectivity index (χ0n) is 10.1. The molecule has 0 unspecified atom stereocenters. The number of aliphatic hydroxyl groups excluding tert-OH is 1. The molecule has 1 fully saturated rings. The summed E-state index contributed by atoms with van der Waals surface area (Å²) in [5.74, 6) is -2.25. The van der Waals surface area contributed by atoms with Gasteiger partial charge in [0.1, 0.15) is 12.1 Å². The van der Waals surface area contributed by atoms with E-state index in [-0.39, 0.29) is 18.9 Å². The quantitative estimate of drug-likeness (QED) is 0.337. The van der Waals surface area contributed by atoms with E-state index in [2.05, 4.69) is 16.0 Å². The zero-order chi connectivity index (χ0) is 14.4. The third kappa shape index (κ3) is 4.54. The lowest BCUT2D eigenvalue weighted by atomic mass is 10.2. The summed E-state index contributed by atoms with van der Waals surface area (Å²) in [7, 11) is 0. The lowest BCUT2D eigenvalue weighted by molar-refractivity contribution is -0.132. The van der Waals surface area contributed by atoms with E-state index in [0.717, 1.165) is 0 Å². The first-order valence-corrected chi connectivity index (χ1v) is 5.70. The minimum absolute atomic E-state index is 0.237. The molecule has 19 heavy (non-hydrogen) atoms. The fraction of sp³-hybridized carbons (Fsp3) is 0.600. The molecule has 9 heteroatoms. The molecule has 0 aliphatic carbocycles. The summed E-state index contributed by atoms with van der Waals surface area (Å²) in [5.41, 5.74) is 4.85. The predicted molar refractivity (Wildman–Crippen MR) is 62.4 cm³/mol. The first kappa shape index (κ1) is 14.9. The van der Waals surface area contributed by atoms with Crippen LogP contribution in [-0.4, -0.2) is 54.0 Å². The normalized spacial score (nSPS) is 19.4. The van der Waals surface area contributed by atoms with Crippen molar-refractivity contribution in [2.45, 2.75) is 24.9 Å². The van der Waals surface area contributed by atoms with Crippen LogP contribution in [0.5, 0.6) is 0 Å². The molecule has 1 rings (SSSR count). The summed E-state index contributed by atoms with van der Waals surface area (Å²) in [5, 5.41) is 15.9. The molecule has 0 aromatic carbocycles. The van der Waals surface area contributed by atoms with Gasteiger partial charge in [0.15, 0.2) is 0 Å². The third-order valence-electron chi connectivity index (χ3n) is 2.56. The number of rotatable bonds is 6. The summed E-state index contributed by atoms with van der Waals surface area (Å²) < 4.78 is 0. The van der Waals surface area contributed by atoms with Crippen molar-refractivity contribution in [2.75, 3.05) is 13.2 Å². The number of nitrogens with one attached hydrogen (secondary N) is 3. The van der Waals surface area contributed by atoms with Crippen molar-refractivity contribution in [3.8, 4) is 0 Å². The Kier molecular flexibility index (Phi) is 5.24. The fourth-order valence-electron chi connectivity index (χ4n) is 1.57. The molecule has 0 aromatic rings. The highest BCUT2D eigenvalue weighted by atomic mass is 16.3. The van der Waals surface area contributed by atoms with E-state index in [1.54, 1.807) is 0 Å². The van der Waals surface area contributed by atoms with Gasteiger partial charge in [-0.1, -0.05) is 0 Å². The van der Waals surface area contributed by atoms with Crippen LogP contribution in [0.1, 0.15) is 12.8 Å². The van der Waals surface area contributed by atoms with Gasteiger partial charge in [0.2, 0.25) is 23.6 Å². The summed E-state index contributed by atoms with van der Waals surface area (Å²) >= 11 is 0. The Morgan fingerprint density at radius 3 is 2.63 bits per heavy atom. The van der Waals surface area contributed by atoms with E-state index in [9.17, 15) is 19.2 Å². The monoisotopic (exact) mass is 272 g/mol. The van der Waals surface area contributed by atoms with E-state index < -0.39 is 36.4 Å². The number of hydrogen-bond acceptors (Lipinski definition) is 5. The molecule has 106 valence electrons. The molecular weight excluding hydrogens is 256 g/mol. The standard InChI is InChI=1S/C10H16N4O5/c11-7(16)3-12-9(18)6(4-15)14-10(19)5-1-2-8(17)13-5/h5-6,15H,1-4H2,(H2,11,16)(H,12,18)(H,13,17)(H,14,19)/t5-,6-/m0/s1. The second-order valence-electron chi connectivity index (χ2n) is 4.09. The molecule has 1 saturated heterocycles. The Hall–Kier alpha value is -2.16. The Morgan fingerprint density at radius 1 is 1.47 bits per heavy atom. The molecule has 4 amide bonds. The summed E-state index contributed by atoms with van der Waals surface area (Å²) in [6, 6.07) is -1.89. The number of carbonyl (C=O) groups excluding carboxylic acids is 4. The van der Waals surface area contributed by atoms with Crippen molar-refractivity contribution in [1.82, 2.24) is 16.0 Å². The second kappa shape index (κ2) is 6.69. The summed E-state index contributed by atoms with van der Waals surface area (Å²) in [6.45, 7) is -1.01. The Bertz CT molecular complexity index is 397. The molecule has 9 nitrogen and oxygen atoms in total. The van der Waals surface area contributed by atoms with Gasteiger partial charge < -0.3 is 26.8 Å². The number of aliphatic hydroxyl groups is 1. The predicted octanol–water partition coefficient (Wildman–Crippen LogP) is -3.66. The highest BCUT2D eigenvalue weighted by Gasteiger charge is 2.30. The molecule has 0 aromatic heterocycles. The van der Waals surface area contributed by atoms with Crippen LogP contribution in [0.15, 0.2) is 0 Å². The maximum absolute atomic E-state index is 11.7. The maximum Gasteiger partial charge on any atom is 0.245 e. The molecule has 2 atom stereocenters. The van der Waals surface area contributed by atoms with Crippen LogP contribution in [0.3, 0.4) is 0 Å². The minimum Gasteiger partial charge on any atom is -0.394 e. The van der Waals surface area contributed by atoms with Gasteiger partial charge in [-0.15, -0.1) is 0 Å². The van der Waals surface area contributed by atoms with Crippen molar-refractivity contribution >= 4 is 23.6 Å². The smallest absolute Gasteiger partial charge is 0.245 e. The van der Waals surface area contributed by atoms with Gasteiger partial charge in [-0.05, 0) is 6.42 Å². The van der Waals surface area contributed by atoms with Crippen molar-refractivity contribution in [3.63, 3.8) is 0 Å². The zero-order valence-corrected chi connectivity index (χ0v) is 10.1. The first-order chi connectivity index (χ1) is 8.93. The topological polar surface area (TPSA) is 151 Å². The van der Waals surface area contributed by atoms with Crippen LogP contribution in [0.25, 0.3) is 0 Å². The Labute approximate surface area is 108 Å². The molecule has 1 aliphatic rings. The van der Waals surface area contributed by atoms with Gasteiger partial charge in [-0.3, -0.25) is 19.2 Å². The average Bonchev–Trinajstić information content (AvgIpc) is 2.79. The van der Waals surface area contributed by atoms with Crippen LogP contribution >= 0.6 is 0 Å². The van der Waals surface area contributed by atoms with Gasteiger partial charge >= 0.3 is 0 Å². The second-order valence-corrected chi connectivity index (χ2v) is 4.09. The maximum atomic E-state index is 11.7. The average molecular weight is 272 g/mol. The molecule has 0 spiro atoms. The van der Waals surface area contributed by atoms with Crippen molar-refractivity contribution < 1.29 is 24.3 Å². The minimum atomic E-state index is -1.19. The van der Waals surface area contributed by atoms with Crippen LogP contribution in [0, 0.1) is 0 Å². The summed E-state index contributed by atoms with van der Waals surface area (Å²) in [6.07, 6.45) is 0.585. The molecule has 0 bridgehead atoms. The van der Waals surface area contributed by atoms with Crippen molar-refractivity contribution in [3.05, 3.63) is 0 Å². The van der Waals surface area contributed by atoms with Crippen LogP contribution in [0.2, 0.25) is 0 Å². The largest absolute Gasteiger partial charge is 0.394 e. The number of carbonyl (C=O) groups is 4. The summed E-state index contributed by atoms with van der Waals surface area (Å²) in [4.78, 5) is 44.7. The van der Waals surface area contributed by atoms with Gasteiger partial charge in [0.05, 0.1) is 13.2 Å². The van der Waals surface area contributed by atoms with Gasteiger partial charge in [-0.25, -0.2) is 0 Å². The lowest BCUT2D eigenvalue weighted by Gasteiger charge is -2.18. The van der Waals surface area contributed by atoms with Crippen LogP contribution < -0.4 is 21.7 Å². The molecule has 6 N–H and O–H groups in total. The Morgan fingerprint density at radius 2 is 2.16 bits per heavy atom. The van der Waals surface area contributed by atoms with Gasteiger partial charge in [0, 0.05) is 6.42 Å². The first-order valence-electron chi connectivity index (χ1n) is 5.70. The van der Waals surface area contributed by atoms with Crippen LogP contribution in [0.4, 0.5) is 0 Å². The number of hydrogen-bond donors (Lipinski definition) is 5. The van der Waals surface area contributed by atoms with E-state index >= 15 is 0 Å². The number of primary amides is 1. The van der Waals surface area contributed by atoms with E-state index in [1.807, 2.05) is 0 Å². The van der Waals surface area contributed by atoms with Gasteiger partial charge in [-0.2, -0.15) is 0 Å². The van der Waals surface area contributed by atoms with E-state index in [1.165, 1.54) is 0 Å². The third-order valence-corrected chi connectivity index (χ3v) is 2.56. The molecule has 0 saturated carbocycles. The lowest BCUT2D eigenvalue weighted by Crippen LogP contribution is -2.54. The molecule has 1 heterocycles. The number of nitrogens with two attached hydrogens (primary N) is 1. The fourth-order valence-corrected chi connectivity index (χ4v) is 1.57. The van der Waals surface area contributed by atoms with Gasteiger partial charge in [0.25, 0.3) is 0 Å². The van der Waals surface area contributed by atoms with E-state index in [0.29, 0.717) is 6.42 Å².